The molecule has 2 aliphatic rings. The molecule has 2 aliphatic heterocycles. The Morgan fingerprint density at radius 2 is 0.780 bits per heavy atom. The zero-order valence-electron chi connectivity index (χ0n) is 22.8. The average molecular weight is 589 g/mol. The van der Waals surface area contributed by atoms with Crippen LogP contribution in [0.4, 0.5) is 0 Å². The summed E-state index contributed by atoms with van der Waals surface area (Å²) in [7, 11) is -7.06. The van der Waals surface area contributed by atoms with Crippen LogP contribution in [0.5, 0.6) is 0 Å². The van der Waals surface area contributed by atoms with Crippen LogP contribution in [0, 0.1) is 5.41 Å². The Balaban J connectivity index is 1.18. The number of rotatable bonds is 8. The normalized spacial score (nSPS) is 27.7. The maximum absolute atomic E-state index is 14.2. The highest BCUT2D eigenvalue weighted by Crippen LogP contribution is 2.69. The summed E-state index contributed by atoms with van der Waals surface area (Å²) in [6.07, 6.45) is 1.05. The molecule has 41 heavy (non-hydrogen) atoms. The third-order valence-corrected chi connectivity index (χ3v) is 12.3. The summed E-state index contributed by atoms with van der Waals surface area (Å²) < 4.78 is 53.0. The second-order valence-corrected chi connectivity index (χ2v) is 15.3. The zero-order chi connectivity index (χ0) is 28.2. The molecule has 0 amide bonds. The van der Waals surface area contributed by atoms with E-state index in [1.165, 1.54) is 0 Å². The minimum atomic E-state index is -3.53. The molecule has 0 aliphatic carbocycles. The highest BCUT2D eigenvalue weighted by atomic mass is 31.2. The smallest absolute Gasteiger partial charge is 0.307 e. The van der Waals surface area contributed by atoms with Gasteiger partial charge in [-0.2, -0.15) is 0 Å². The fraction of sp³-hybridized carbons (Fsp3) is 0.273. The van der Waals surface area contributed by atoms with E-state index in [0.29, 0.717) is 12.8 Å². The Labute approximate surface area is 241 Å². The van der Waals surface area contributed by atoms with Crippen molar-refractivity contribution in [2.24, 2.45) is 5.41 Å². The van der Waals surface area contributed by atoms with E-state index in [9.17, 15) is 9.13 Å². The van der Waals surface area contributed by atoms with Crippen molar-refractivity contribution in [1.82, 2.24) is 0 Å². The van der Waals surface area contributed by atoms with Crippen molar-refractivity contribution >= 4 is 15.2 Å². The fourth-order valence-electron chi connectivity index (χ4n) is 5.44. The van der Waals surface area contributed by atoms with Gasteiger partial charge in [-0.3, -0.25) is 9.13 Å². The average Bonchev–Trinajstić information content (AvgIpc) is 3.04. The van der Waals surface area contributed by atoms with Crippen LogP contribution in [-0.2, 0) is 40.1 Å². The first kappa shape index (κ1) is 28.3. The van der Waals surface area contributed by atoms with Gasteiger partial charge in [0.25, 0.3) is 0 Å². The van der Waals surface area contributed by atoms with E-state index in [0.717, 1.165) is 22.3 Å². The molecule has 0 saturated carbocycles. The molecule has 4 aromatic carbocycles. The predicted molar refractivity (Wildman–Crippen MR) is 160 cm³/mol. The van der Waals surface area contributed by atoms with Gasteiger partial charge < -0.3 is 18.1 Å². The van der Waals surface area contributed by atoms with Crippen molar-refractivity contribution in [2.75, 3.05) is 26.4 Å². The van der Waals surface area contributed by atoms with Crippen molar-refractivity contribution in [3.8, 4) is 0 Å². The second kappa shape index (κ2) is 12.2. The van der Waals surface area contributed by atoms with Crippen LogP contribution in [0.3, 0.4) is 0 Å². The summed E-state index contributed by atoms with van der Waals surface area (Å²) in [6.45, 7) is 0.544. The van der Waals surface area contributed by atoms with E-state index in [1.54, 1.807) is 0 Å². The van der Waals surface area contributed by atoms with Crippen LogP contribution >= 0.6 is 15.2 Å². The van der Waals surface area contributed by atoms with Crippen LogP contribution < -0.4 is 0 Å². The van der Waals surface area contributed by atoms with E-state index in [2.05, 4.69) is 0 Å². The van der Waals surface area contributed by atoms with E-state index >= 15 is 0 Å². The third kappa shape index (κ3) is 6.34. The molecule has 6 nitrogen and oxygen atoms in total. The van der Waals surface area contributed by atoms with Gasteiger partial charge in [-0.15, -0.1) is 0 Å². The van der Waals surface area contributed by atoms with Crippen LogP contribution in [0.1, 0.15) is 33.6 Å². The lowest BCUT2D eigenvalue weighted by atomic mass is 9.93. The lowest BCUT2D eigenvalue weighted by Crippen LogP contribution is -2.46. The lowest BCUT2D eigenvalue weighted by molar-refractivity contribution is -0.0712. The van der Waals surface area contributed by atoms with Crippen LogP contribution in [0.15, 0.2) is 121 Å². The van der Waals surface area contributed by atoms with Gasteiger partial charge in [-0.1, -0.05) is 121 Å². The molecule has 2 saturated heterocycles. The Hall–Kier alpha value is -2.82. The number of benzene rings is 4. The Bertz CT molecular complexity index is 1370. The maximum Gasteiger partial charge on any atom is 0.338 e. The molecule has 0 N–H and O–H groups in total. The molecule has 1 spiro atoms. The molecule has 8 heteroatoms. The predicted octanol–water partition coefficient (Wildman–Crippen LogP) is 8.42. The molecule has 0 bridgehead atoms. The first-order valence-corrected chi connectivity index (χ1v) is 17.1. The molecule has 0 aromatic heterocycles. The largest absolute Gasteiger partial charge is 0.338 e. The van der Waals surface area contributed by atoms with Crippen molar-refractivity contribution in [3.05, 3.63) is 144 Å². The molecule has 0 radical (unpaired) electrons. The first-order chi connectivity index (χ1) is 20.0. The van der Waals surface area contributed by atoms with Crippen LogP contribution in [0.25, 0.3) is 0 Å². The van der Waals surface area contributed by atoms with Crippen LogP contribution in [0.2, 0.25) is 0 Å². The minimum absolute atomic E-state index is 0.136. The molecule has 2 unspecified atom stereocenters. The number of hydrogen-bond acceptors (Lipinski definition) is 6. The summed E-state index contributed by atoms with van der Waals surface area (Å²) in [5.74, 6) is 0. The van der Waals surface area contributed by atoms with E-state index in [1.807, 2.05) is 121 Å². The fourth-order valence-corrected chi connectivity index (χ4v) is 10.1. The molecule has 2 atom stereocenters. The van der Waals surface area contributed by atoms with Gasteiger partial charge in [0.1, 0.15) is 0 Å². The quantitative estimate of drug-likeness (QED) is 0.193. The molecule has 6 rings (SSSR count). The highest BCUT2D eigenvalue weighted by molar-refractivity contribution is 7.54. The van der Waals surface area contributed by atoms with E-state index in [-0.39, 0.29) is 26.4 Å². The van der Waals surface area contributed by atoms with Gasteiger partial charge in [0, 0.05) is 0 Å². The summed E-state index contributed by atoms with van der Waals surface area (Å²) in [4.78, 5) is 0. The SMILES string of the molecule is O=P1(C(Cc2ccccc2)c2ccccc2)OCC2(CO1)COP(=O)(C(Cc1ccccc1)c1ccccc1)OC2. The molecule has 212 valence electrons. The first-order valence-electron chi connectivity index (χ1n) is 13.9. The standard InChI is InChI=1S/C33H34O6P2/c34-40(31(29-17-9-3-10-18-29)21-27-13-5-1-6-14-27)36-23-33(24-37-40)25-38-41(35,39-26-33)32(30-19-11-4-12-20-30)22-28-15-7-2-8-16-28/h1-20,31-32H,21-26H2. The van der Waals surface area contributed by atoms with Crippen molar-refractivity contribution in [2.45, 2.75) is 24.2 Å². The third-order valence-electron chi connectivity index (χ3n) is 7.88. The maximum atomic E-state index is 14.2. The van der Waals surface area contributed by atoms with Crippen LogP contribution in [-0.4, -0.2) is 26.4 Å². The monoisotopic (exact) mass is 588 g/mol. The van der Waals surface area contributed by atoms with Crippen molar-refractivity contribution < 1.29 is 27.2 Å². The van der Waals surface area contributed by atoms with E-state index in [4.69, 9.17) is 18.1 Å². The molecular formula is C33H34O6P2. The molecule has 2 fully saturated rings. The van der Waals surface area contributed by atoms with Gasteiger partial charge >= 0.3 is 15.2 Å². The molecular weight excluding hydrogens is 554 g/mol. The van der Waals surface area contributed by atoms with Crippen molar-refractivity contribution in [3.63, 3.8) is 0 Å². The van der Waals surface area contributed by atoms with Gasteiger partial charge in [-0.05, 0) is 35.1 Å². The van der Waals surface area contributed by atoms with Gasteiger partial charge in [0.05, 0.1) is 43.2 Å². The Kier molecular flexibility index (Phi) is 8.42. The minimum Gasteiger partial charge on any atom is -0.307 e. The van der Waals surface area contributed by atoms with Gasteiger partial charge in [0.2, 0.25) is 0 Å². The van der Waals surface area contributed by atoms with Gasteiger partial charge in [0.15, 0.2) is 0 Å². The number of hydrogen-bond donors (Lipinski definition) is 0. The van der Waals surface area contributed by atoms with Crippen molar-refractivity contribution in [1.29, 1.82) is 0 Å². The highest BCUT2D eigenvalue weighted by Gasteiger charge is 2.52. The van der Waals surface area contributed by atoms with E-state index < -0.39 is 31.9 Å². The lowest BCUT2D eigenvalue weighted by Gasteiger charge is -2.45. The Morgan fingerprint density at radius 1 is 0.488 bits per heavy atom. The second-order valence-electron chi connectivity index (χ2n) is 10.9. The zero-order valence-corrected chi connectivity index (χ0v) is 24.6. The summed E-state index contributed by atoms with van der Waals surface area (Å²) in [5.41, 5.74) is 2.33. The van der Waals surface area contributed by atoms with Gasteiger partial charge in [-0.25, -0.2) is 0 Å². The molecule has 2 heterocycles. The molecule has 4 aromatic rings. The summed E-state index contributed by atoms with van der Waals surface area (Å²) in [5, 5.41) is 0. The topological polar surface area (TPSA) is 71.1 Å². The summed E-state index contributed by atoms with van der Waals surface area (Å²) in [6, 6.07) is 39.4. The summed E-state index contributed by atoms with van der Waals surface area (Å²) >= 11 is 0. The Morgan fingerprint density at radius 3 is 1.10 bits per heavy atom.